The zero-order valence-corrected chi connectivity index (χ0v) is 15.7. The predicted octanol–water partition coefficient (Wildman–Crippen LogP) is 5.56. The molecule has 136 valence electrons. The number of carbonyl (C=O) groups excluding carboxylic acids is 1. The summed E-state index contributed by atoms with van der Waals surface area (Å²) < 4.78 is 4.86. The van der Waals surface area contributed by atoms with Crippen LogP contribution in [0.15, 0.2) is 66.7 Å². The van der Waals surface area contributed by atoms with E-state index in [4.69, 9.17) is 16.3 Å². The van der Waals surface area contributed by atoms with E-state index in [-0.39, 0.29) is 0 Å². The normalized spacial score (nSPS) is 12.6. The minimum atomic E-state index is -0.420. The summed E-state index contributed by atoms with van der Waals surface area (Å²) in [6.07, 6.45) is 0.976. The zero-order chi connectivity index (χ0) is 18.8. The highest BCUT2D eigenvalue weighted by atomic mass is 35.5. The Labute approximate surface area is 163 Å². The molecule has 1 N–H and O–H groups in total. The fourth-order valence-corrected chi connectivity index (χ4v) is 3.59. The molecule has 3 aromatic rings. The summed E-state index contributed by atoms with van der Waals surface area (Å²) in [7, 11) is 1.36. The van der Waals surface area contributed by atoms with Crippen LogP contribution in [0.3, 0.4) is 0 Å². The molecule has 0 atom stereocenters. The first-order valence-electron chi connectivity index (χ1n) is 8.76. The van der Waals surface area contributed by atoms with E-state index in [9.17, 15) is 4.79 Å². The molecule has 0 aromatic heterocycles. The highest BCUT2D eigenvalue weighted by Crippen LogP contribution is 2.36. The van der Waals surface area contributed by atoms with Crippen LogP contribution >= 0.6 is 11.6 Å². The number of hydrogen-bond acceptors (Lipinski definition) is 4. The van der Waals surface area contributed by atoms with Gasteiger partial charge in [-0.05, 0) is 60.5 Å². The number of nitrogens with one attached hydrogen (secondary N) is 1. The molecule has 0 fully saturated rings. The van der Waals surface area contributed by atoms with Crippen LogP contribution in [0, 0.1) is 0 Å². The molecule has 4 rings (SSSR count). The lowest BCUT2D eigenvalue weighted by Crippen LogP contribution is -2.12. The molecular weight excluding hydrogens is 360 g/mol. The van der Waals surface area contributed by atoms with Crippen LogP contribution < -0.4 is 10.2 Å². The molecule has 0 radical (unpaired) electrons. The van der Waals surface area contributed by atoms with Crippen LogP contribution in [0.4, 0.5) is 22.7 Å². The largest absolute Gasteiger partial charge is 0.465 e. The molecule has 1 heterocycles. The first-order valence-corrected chi connectivity index (χ1v) is 9.14. The number of esters is 1. The van der Waals surface area contributed by atoms with E-state index in [0.29, 0.717) is 16.3 Å². The number of carbonyl (C=O) groups is 1. The molecule has 3 aromatic carbocycles. The van der Waals surface area contributed by atoms with Gasteiger partial charge in [-0.15, -0.1) is 0 Å². The molecule has 27 heavy (non-hydrogen) atoms. The number of methoxy groups -OCH3 is 1. The van der Waals surface area contributed by atoms with Gasteiger partial charge in [-0.3, -0.25) is 0 Å². The second-order valence-corrected chi connectivity index (χ2v) is 6.82. The van der Waals surface area contributed by atoms with E-state index >= 15 is 0 Å². The fourth-order valence-electron chi connectivity index (χ4n) is 3.42. The number of anilines is 4. The minimum Gasteiger partial charge on any atom is -0.465 e. The Bertz CT molecular complexity index is 989. The number of ether oxygens (including phenoxy) is 1. The van der Waals surface area contributed by atoms with E-state index in [1.807, 2.05) is 12.1 Å². The Morgan fingerprint density at radius 1 is 1.07 bits per heavy atom. The Morgan fingerprint density at radius 2 is 1.89 bits per heavy atom. The maximum Gasteiger partial charge on any atom is 0.340 e. The molecule has 4 nitrogen and oxygen atoms in total. The smallest absolute Gasteiger partial charge is 0.340 e. The average Bonchev–Trinajstić information content (AvgIpc) is 3.12. The van der Waals surface area contributed by atoms with Gasteiger partial charge in [-0.1, -0.05) is 29.8 Å². The van der Waals surface area contributed by atoms with Crippen molar-refractivity contribution in [3.8, 4) is 0 Å². The van der Waals surface area contributed by atoms with Crippen LogP contribution in [0.1, 0.15) is 15.9 Å². The number of para-hydroxylation sites is 1. The topological polar surface area (TPSA) is 41.6 Å². The molecule has 0 bridgehead atoms. The van der Waals surface area contributed by atoms with Crippen molar-refractivity contribution in [2.75, 3.05) is 23.9 Å². The second-order valence-electron chi connectivity index (χ2n) is 6.39. The number of hydrogen-bond donors (Lipinski definition) is 1. The van der Waals surface area contributed by atoms with Gasteiger partial charge in [0.25, 0.3) is 0 Å². The summed E-state index contributed by atoms with van der Waals surface area (Å²) in [5.74, 6) is -0.420. The van der Waals surface area contributed by atoms with Crippen LogP contribution in [0.5, 0.6) is 0 Å². The number of fused-ring (bicyclic) bond motifs is 1. The number of nitrogens with zero attached hydrogens (tertiary/aromatic N) is 1. The van der Waals surface area contributed by atoms with Crippen molar-refractivity contribution in [1.29, 1.82) is 0 Å². The third-order valence-electron chi connectivity index (χ3n) is 4.71. The average molecular weight is 379 g/mol. The maximum absolute atomic E-state index is 12.0. The first-order chi connectivity index (χ1) is 13.2. The number of halogens is 1. The van der Waals surface area contributed by atoms with Crippen LogP contribution in [-0.4, -0.2) is 19.6 Å². The Morgan fingerprint density at radius 3 is 2.67 bits per heavy atom. The van der Waals surface area contributed by atoms with Gasteiger partial charge in [0, 0.05) is 28.6 Å². The highest BCUT2D eigenvalue weighted by molar-refractivity contribution is 6.31. The quantitative estimate of drug-likeness (QED) is 0.603. The lowest BCUT2D eigenvalue weighted by Gasteiger charge is -2.20. The summed E-state index contributed by atoms with van der Waals surface area (Å²) in [5, 5.41) is 3.82. The highest BCUT2D eigenvalue weighted by Gasteiger charge is 2.21. The van der Waals surface area contributed by atoms with E-state index in [2.05, 4.69) is 46.6 Å². The van der Waals surface area contributed by atoms with E-state index in [1.165, 1.54) is 24.0 Å². The lowest BCUT2D eigenvalue weighted by molar-refractivity contribution is 0.0602. The monoisotopic (exact) mass is 378 g/mol. The lowest BCUT2D eigenvalue weighted by atomic mass is 10.1. The molecule has 0 aliphatic carbocycles. The summed E-state index contributed by atoms with van der Waals surface area (Å²) in [6, 6.07) is 21.8. The molecule has 0 saturated carbocycles. The molecule has 0 spiro atoms. The van der Waals surface area contributed by atoms with Crippen LogP contribution in [-0.2, 0) is 11.2 Å². The van der Waals surface area contributed by atoms with Gasteiger partial charge in [-0.25, -0.2) is 4.79 Å². The van der Waals surface area contributed by atoms with Crippen molar-refractivity contribution < 1.29 is 9.53 Å². The fraction of sp³-hybridized carbons (Fsp3) is 0.136. The van der Waals surface area contributed by atoms with Gasteiger partial charge < -0.3 is 15.0 Å². The van der Waals surface area contributed by atoms with Crippen molar-refractivity contribution in [1.82, 2.24) is 0 Å². The summed E-state index contributed by atoms with van der Waals surface area (Å²) in [6.45, 7) is 0.956. The predicted molar refractivity (Wildman–Crippen MR) is 110 cm³/mol. The molecule has 0 unspecified atom stereocenters. The minimum absolute atomic E-state index is 0.413. The Balaban J connectivity index is 1.62. The first kappa shape index (κ1) is 17.4. The Hall–Kier alpha value is -2.98. The van der Waals surface area contributed by atoms with Crippen molar-refractivity contribution in [3.63, 3.8) is 0 Å². The van der Waals surface area contributed by atoms with E-state index in [0.717, 1.165) is 18.7 Å². The van der Waals surface area contributed by atoms with Crippen molar-refractivity contribution in [2.45, 2.75) is 6.42 Å². The van der Waals surface area contributed by atoms with Gasteiger partial charge >= 0.3 is 5.97 Å². The molecule has 1 aliphatic heterocycles. The van der Waals surface area contributed by atoms with Gasteiger partial charge in [0.15, 0.2) is 0 Å². The van der Waals surface area contributed by atoms with Gasteiger partial charge in [-0.2, -0.15) is 0 Å². The summed E-state index contributed by atoms with van der Waals surface area (Å²) in [5.41, 5.74) is 5.70. The molecule has 5 heteroatoms. The third-order valence-corrected chi connectivity index (χ3v) is 4.94. The SMILES string of the molecule is COC(=O)c1cc(Cl)ccc1Nc1ccc2c(c1)CCN2c1ccccc1. The third kappa shape index (κ3) is 3.49. The zero-order valence-electron chi connectivity index (χ0n) is 14.9. The van der Waals surface area contributed by atoms with Crippen molar-refractivity contribution in [3.05, 3.63) is 82.9 Å². The Kier molecular flexibility index (Phi) is 4.73. The summed E-state index contributed by atoms with van der Waals surface area (Å²) >= 11 is 6.03. The number of benzene rings is 3. The second kappa shape index (κ2) is 7.33. The molecular formula is C22H19ClN2O2. The van der Waals surface area contributed by atoms with Gasteiger partial charge in [0.05, 0.1) is 18.4 Å². The van der Waals surface area contributed by atoms with Crippen molar-refractivity contribution in [2.24, 2.45) is 0 Å². The van der Waals surface area contributed by atoms with Gasteiger partial charge in [0.1, 0.15) is 0 Å². The molecule has 1 aliphatic rings. The van der Waals surface area contributed by atoms with Crippen molar-refractivity contribution >= 4 is 40.3 Å². The molecule has 0 saturated heterocycles. The van der Waals surface area contributed by atoms with Gasteiger partial charge in [0.2, 0.25) is 0 Å². The van der Waals surface area contributed by atoms with Crippen LogP contribution in [0.2, 0.25) is 5.02 Å². The van der Waals surface area contributed by atoms with E-state index < -0.39 is 5.97 Å². The van der Waals surface area contributed by atoms with Crippen LogP contribution in [0.25, 0.3) is 0 Å². The summed E-state index contributed by atoms with van der Waals surface area (Å²) in [4.78, 5) is 14.4. The number of rotatable bonds is 4. The van der Waals surface area contributed by atoms with E-state index in [1.54, 1.807) is 18.2 Å². The standard InChI is InChI=1S/C22H19ClN2O2/c1-27-22(26)19-14-16(23)7-9-20(19)24-17-8-10-21-15(13-17)11-12-25(21)18-5-3-2-4-6-18/h2-10,13-14,24H,11-12H2,1H3. The maximum atomic E-state index is 12.0. The molecule has 0 amide bonds.